The summed E-state index contributed by atoms with van der Waals surface area (Å²) in [6, 6.07) is 5.21. The summed E-state index contributed by atoms with van der Waals surface area (Å²) >= 11 is 12.4. The Bertz CT molecular complexity index is 852. The summed E-state index contributed by atoms with van der Waals surface area (Å²) in [5.41, 5.74) is 10.1. The molecule has 0 fully saturated rings. The van der Waals surface area contributed by atoms with Crippen LogP contribution in [-0.4, -0.2) is 28.6 Å². The molecule has 1 aromatic heterocycles. The molecule has 1 amide bonds. The monoisotopic (exact) mass is 363 g/mol. The van der Waals surface area contributed by atoms with Crippen LogP contribution in [0.5, 0.6) is 0 Å². The van der Waals surface area contributed by atoms with Crippen LogP contribution in [0.1, 0.15) is 27.3 Å². The topological polar surface area (TPSA) is 76.3 Å². The number of aryl methyl sites for hydroxylation is 1. The van der Waals surface area contributed by atoms with Crippen molar-refractivity contribution in [1.82, 2.24) is 9.88 Å². The highest BCUT2D eigenvalue weighted by Crippen LogP contribution is 2.39. The van der Waals surface area contributed by atoms with Crippen LogP contribution in [0.4, 0.5) is 0 Å². The quantitative estimate of drug-likeness (QED) is 0.847. The van der Waals surface area contributed by atoms with E-state index in [0.717, 1.165) is 22.3 Å². The van der Waals surface area contributed by atoms with Crippen LogP contribution in [0.3, 0.4) is 0 Å². The lowest BCUT2D eigenvalue weighted by Gasteiger charge is -2.16. The molecule has 0 bridgehead atoms. The highest BCUT2D eigenvalue weighted by molar-refractivity contribution is 6.36. The van der Waals surface area contributed by atoms with E-state index in [-0.39, 0.29) is 19.0 Å². The smallest absolute Gasteiger partial charge is 0.273 e. The van der Waals surface area contributed by atoms with Gasteiger partial charge in [0.05, 0.1) is 6.54 Å². The third-order valence-corrected chi connectivity index (χ3v) is 4.69. The molecule has 24 heavy (non-hydrogen) atoms. The van der Waals surface area contributed by atoms with Gasteiger partial charge in [-0.25, -0.2) is 4.98 Å². The second-order valence-electron chi connectivity index (χ2n) is 5.56. The normalized spacial score (nSPS) is 13.3. The number of hydrogen-bond donors (Lipinski definition) is 1. The number of rotatable bonds is 4. The van der Waals surface area contributed by atoms with Gasteiger partial charge in [-0.2, -0.15) is 0 Å². The fourth-order valence-electron chi connectivity index (χ4n) is 3.03. The van der Waals surface area contributed by atoms with Crippen LogP contribution in [-0.2, 0) is 17.9 Å². The highest BCUT2D eigenvalue weighted by Gasteiger charge is 2.33. The molecule has 0 atom stereocenters. The lowest BCUT2D eigenvalue weighted by molar-refractivity contribution is -0.108. The van der Waals surface area contributed by atoms with Crippen LogP contribution in [0.25, 0.3) is 11.1 Å². The van der Waals surface area contributed by atoms with E-state index in [1.165, 1.54) is 4.90 Å². The molecular weight excluding hydrogens is 349 g/mol. The summed E-state index contributed by atoms with van der Waals surface area (Å²) in [7, 11) is 0. The maximum atomic E-state index is 12.5. The summed E-state index contributed by atoms with van der Waals surface area (Å²) < 4.78 is 0. The van der Waals surface area contributed by atoms with Crippen molar-refractivity contribution in [2.45, 2.75) is 20.0 Å². The van der Waals surface area contributed by atoms with E-state index in [1.54, 1.807) is 12.1 Å². The van der Waals surface area contributed by atoms with Gasteiger partial charge >= 0.3 is 0 Å². The number of carbonyl (C=O) groups excluding carboxylic acids is 2. The molecule has 2 aromatic rings. The Morgan fingerprint density at radius 1 is 1.38 bits per heavy atom. The van der Waals surface area contributed by atoms with Gasteiger partial charge in [0.2, 0.25) is 0 Å². The van der Waals surface area contributed by atoms with Crippen molar-refractivity contribution >= 4 is 35.4 Å². The maximum absolute atomic E-state index is 12.5. The van der Waals surface area contributed by atoms with E-state index >= 15 is 0 Å². The Hall–Kier alpha value is -1.95. The average molecular weight is 364 g/mol. The first-order valence-electron chi connectivity index (χ1n) is 7.38. The van der Waals surface area contributed by atoms with Crippen LogP contribution in [0.2, 0.25) is 10.0 Å². The summed E-state index contributed by atoms with van der Waals surface area (Å²) in [5.74, 6) is -0.255. The molecule has 3 rings (SSSR count). The van der Waals surface area contributed by atoms with Gasteiger partial charge in [0.15, 0.2) is 0 Å². The van der Waals surface area contributed by atoms with E-state index < -0.39 is 0 Å². The fourth-order valence-corrected chi connectivity index (χ4v) is 3.53. The zero-order chi connectivity index (χ0) is 17.4. The molecule has 0 spiro atoms. The van der Waals surface area contributed by atoms with Crippen molar-refractivity contribution in [3.8, 4) is 11.1 Å². The minimum absolute atomic E-state index is 0.0278. The number of nitrogens with two attached hydrogens (primary N) is 1. The van der Waals surface area contributed by atoms with Crippen LogP contribution >= 0.6 is 23.2 Å². The van der Waals surface area contributed by atoms with Crippen LogP contribution in [0.15, 0.2) is 18.2 Å². The first-order valence-corrected chi connectivity index (χ1v) is 8.14. The van der Waals surface area contributed by atoms with E-state index in [1.807, 2.05) is 13.0 Å². The molecule has 1 aliphatic heterocycles. The molecule has 0 saturated heterocycles. The number of carbonyl (C=O) groups is 2. The van der Waals surface area contributed by atoms with Gasteiger partial charge in [0.25, 0.3) is 5.91 Å². The Balaban J connectivity index is 2.28. The van der Waals surface area contributed by atoms with Crippen molar-refractivity contribution in [1.29, 1.82) is 0 Å². The van der Waals surface area contributed by atoms with Crippen molar-refractivity contribution in [3.63, 3.8) is 0 Å². The second-order valence-corrected chi connectivity index (χ2v) is 6.40. The average Bonchev–Trinajstić information content (AvgIpc) is 2.83. The number of hydrogen-bond acceptors (Lipinski definition) is 4. The molecule has 2 N–H and O–H groups in total. The van der Waals surface area contributed by atoms with Gasteiger partial charge < -0.3 is 15.4 Å². The predicted octanol–water partition coefficient (Wildman–Crippen LogP) is 2.98. The molecule has 1 aliphatic rings. The van der Waals surface area contributed by atoms with E-state index in [0.29, 0.717) is 34.3 Å². The van der Waals surface area contributed by atoms with Crippen molar-refractivity contribution in [3.05, 3.63) is 50.8 Å². The van der Waals surface area contributed by atoms with Gasteiger partial charge in [-0.15, -0.1) is 0 Å². The highest BCUT2D eigenvalue weighted by atomic mass is 35.5. The SMILES string of the molecule is Cc1nc2c(c(-c3ccc(Cl)cc3Cl)c1CN)CN(CC=O)C2=O. The van der Waals surface area contributed by atoms with Crippen LogP contribution < -0.4 is 5.73 Å². The molecule has 0 radical (unpaired) electrons. The number of aldehydes is 1. The Morgan fingerprint density at radius 2 is 2.12 bits per heavy atom. The van der Waals surface area contributed by atoms with E-state index in [9.17, 15) is 9.59 Å². The second kappa shape index (κ2) is 6.51. The Labute approximate surface area is 149 Å². The molecule has 5 nitrogen and oxygen atoms in total. The number of amides is 1. The number of aromatic nitrogens is 1. The van der Waals surface area contributed by atoms with Gasteiger partial charge in [0, 0.05) is 40.0 Å². The van der Waals surface area contributed by atoms with Crippen molar-refractivity contribution in [2.24, 2.45) is 5.73 Å². The summed E-state index contributed by atoms with van der Waals surface area (Å²) in [6.45, 7) is 2.41. The van der Waals surface area contributed by atoms with E-state index in [4.69, 9.17) is 28.9 Å². The van der Waals surface area contributed by atoms with Gasteiger partial charge in [-0.3, -0.25) is 4.79 Å². The molecule has 0 saturated carbocycles. The van der Waals surface area contributed by atoms with Gasteiger partial charge in [-0.1, -0.05) is 29.3 Å². The zero-order valence-corrected chi connectivity index (χ0v) is 14.5. The van der Waals surface area contributed by atoms with Gasteiger partial charge in [-0.05, 0) is 30.2 Å². The first kappa shape index (κ1) is 16.9. The first-order chi connectivity index (χ1) is 11.5. The minimum Gasteiger partial charge on any atom is -0.326 e. The molecular formula is C17H15Cl2N3O2. The lowest BCUT2D eigenvalue weighted by Crippen LogP contribution is -2.26. The van der Waals surface area contributed by atoms with Crippen molar-refractivity contribution in [2.75, 3.05) is 6.54 Å². The Kier molecular flexibility index (Phi) is 4.58. The molecule has 7 heteroatoms. The lowest BCUT2D eigenvalue weighted by atomic mass is 9.93. The number of benzene rings is 1. The predicted molar refractivity (Wildman–Crippen MR) is 93.1 cm³/mol. The number of nitrogens with zero attached hydrogens (tertiary/aromatic N) is 2. The van der Waals surface area contributed by atoms with E-state index in [2.05, 4.69) is 4.98 Å². The van der Waals surface area contributed by atoms with Crippen LogP contribution in [0, 0.1) is 6.92 Å². The molecule has 124 valence electrons. The number of halogens is 2. The standard InChI is InChI=1S/C17H15Cl2N3O2/c1-9-12(7-20)15(11-3-2-10(18)6-14(11)19)13-8-22(4-5-23)17(24)16(13)21-9/h2-3,5-6H,4,7-8,20H2,1H3. The molecule has 2 heterocycles. The number of pyridine rings is 1. The molecule has 0 aliphatic carbocycles. The zero-order valence-electron chi connectivity index (χ0n) is 13.0. The summed E-state index contributed by atoms with van der Waals surface area (Å²) in [4.78, 5) is 29.2. The third kappa shape index (κ3) is 2.69. The minimum atomic E-state index is -0.255. The largest absolute Gasteiger partial charge is 0.326 e. The van der Waals surface area contributed by atoms with Gasteiger partial charge in [0.1, 0.15) is 12.0 Å². The third-order valence-electron chi connectivity index (χ3n) is 4.14. The summed E-state index contributed by atoms with van der Waals surface area (Å²) in [6.07, 6.45) is 0.704. The fraction of sp³-hybridized carbons (Fsp3) is 0.235. The Morgan fingerprint density at radius 3 is 2.75 bits per heavy atom. The maximum Gasteiger partial charge on any atom is 0.273 e. The number of fused-ring (bicyclic) bond motifs is 1. The summed E-state index contributed by atoms with van der Waals surface area (Å²) in [5, 5.41) is 1.01. The molecule has 1 aromatic carbocycles. The molecule has 0 unspecified atom stereocenters. The van der Waals surface area contributed by atoms with Crippen molar-refractivity contribution < 1.29 is 9.59 Å².